The summed E-state index contributed by atoms with van der Waals surface area (Å²) in [6.07, 6.45) is 0. The van der Waals surface area contributed by atoms with Crippen molar-refractivity contribution in [3.05, 3.63) is 0 Å². The molecule has 1 radical (unpaired) electrons. The van der Waals surface area contributed by atoms with Crippen LogP contribution in [0.3, 0.4) is 0 Å². The zero-order chi connectivity index (χ0) is 0. The standard InChI is InChI=1S/9ClH.Er.Ho.Tm/h9*1H;;;/q;;;;;;;;;3*+3/p-9. The van der Waals surface area contributed by atoms with Gasteiger partial charge in [-0.2, -0.15) is 0 Å². The van der Waals surface area contributed by atoms with E-state index < -0.39 is 0 Å². The van der Waals surface area contributed by atoms with Crippen molar-refractivity contribution in [3.8, 4) is 0 Å². The third kappa shape index (κ3) is 95.5. The Morgan fingerprint density at radius 2 is 0.333 bits per heavy atom. The molecule has 0 heterocycles. The number of hydrogen-bond donors (Lipinski definition) is 0. The Bertz CT molecular complexity index is 14.5. The average Bonchev–Trinajstić information content (AvgIpc) is 0. The largest absolute Gasteiger partial charge is 3.00 e. The van der Waals surface area contributed by atoms with Crippen LogP contribution in [0.5, 0.6) is 0 Å². The molecule has 0 bridgehead atoms. The van der Waals surface area contributed by atoms with Crippen LogP contribution in [0, 0.1) is 112 Å². The molecule has 12 heteroatoms. The van der Waals surface area contributed by atoms with Gasteiger partial charge in [0.1, 0.15) is 0 Å². The second kappa shape index (κ2) is 115. The normalized spacial score (nSPS) is 0. The molecule has 0 fully saturated rings. The molecule has 0 saturated carbocycles. The van der Waals surface area contributed by atoms with E-state index in [4.69, 9.17) is 0 Å². The van der Waals surface area contributed by atoms with E-state index in [9.17, 15) is 0 Å². The molecule has 0 aromatic rings. The van der Waals surface area contributed by atoms with Gasteiger partial charge in [-0.05, 0) is 0 Å². The van der Waals surface area contributed by atoms with Crippen LogP contribution < -0.4 is 112 Å². The molecule has 0 spiro atoms. The fraction of sp³-hybridized carbons (Fsp3) is 0. The van der Waals surface area contributed by atoms with Crippen molar-refractivity contribution in [2.24, 2.45) is 0 Å². The second-order valence-electron chi connectivity index (χ2n) is 0. The molecule has 12 heavy (non-hydrogen) atoms. The van der Waals surface area contributed by atoms with E-state index >= 15 is 0 Å². The average molecular weight is 820 g/mol. The van der Waals surface area contributed by atoms with Gasteiger partial charge in [-0.15, -0.1) is 0 Å². The van der Waals surface area contributed by atoms with Crippen molar-refractivity contribution in [1.29, 1.82) is 0 Å². The molecular weight excluding hydrogens is 820 g/mol. The minimum absolute atomic E-state index is 0. The Balaban J connectivity index is 0. The molecule has 99 valence electrons. The summed E-state index contributed by atoms with van der Waals surface area (Å²) in [5.41, 5.74) is 0. The smallest absolute Gasteiger partial charge is 1.00 e. The Hall–Kier alpha value is 6.35. The maximum atomic E-state index is 0. The molecule has 0 amide bonds. The molecule has 0 aromatic heterocycles. The fourth-order valence-corrected chi connectivity index (χ4v) is 0. The Morgan fingerprint density at radius 1 is 0.333 bits per heavy atom. The first-order valence-corrected chi connectivity index (χ1v) is 0. The van der Waals surface area contributed by atoms with Crippen molar-refractivity contribution < 1.29 is 224 Å². The molecular formula is Cl9ErHoTm. The van der Waals surface area contributed by atoms with E-state index in [1.807, 2.05) is 0 Å². The first-order valence-electron chi connectivity index (χ1n) is 0. The predicted molar refractivity (Wildman–Crippen MR) is 0 cm³/mol. The summed E-state index contributed by atoms with van der Waals surface area (Å²) in [7, 11) is 0. The number of rotatable bonds is 0. The summed E-state index contributed by atoms with van der Waals surface area (Å²) in [6, 6.07) is 0. The van der Waals surface area contributed by atoms with Gasteiger partial charge in [-0.1, -0.05) is 0 Å². The van der Waals surface area contributed by atoms with Crippen molar-refractivity contribution in [2.45, 2.75) is 0 Å². The molecule has 0 N–H and O–H groups in total. The van der Waals surface area contributed by atoms with E-state index in [1.165, 1.54) is 0 Å². The van der Waals surface area contributed by atoms with Gasteiger partial charge < -0.3 is 112 Å². The molecule has 0 aliphatic carbocycles. The predicted octanol–water partition coefficient (Wildman–Crippen LogP) is -27.0. The fourth-order valence-electron chi connectivity index (χ4n) is 0. The van der Waals surface area contributed by atoms with Crippen molar-refractivity contribution >= 4 is 0 Å². The second-order valence-corrected chi connectivity index (χ2v) is 0. The van der Waals surface area contributed by atoms with Gasteiger partial charge in [0.2, 0.25) is 0 Å². The topological polar surface area (TPSA) is 0 Å². The van der Waals surface area contributed by atoms with Crippen LogP contribution in [-0.2, 0) is 0 Å². The van der Waals surface area contributed by atoms with Crippen LogP contribution in [0.15, 0.2) is 0 Å². The van der Waals surface area contributed by atoms with Gasteiger partial charge in [-0.25, -0.2) is 0 Å². The Labute approximate surface area is 218 Å². The Morgan fingerprint density at radius 3 is 0.333 bits per heavy atom. The van der Waals surface area contributed by atoms with Crippen LogP contribution >= 0.6 is 0 Å². The molecule has 0 nitrogen and oxygen atoms in total. The summed E-state index contributed by atoms with van der Waals surface area (Å²) >= 11 is 0. The summed E-state index contributed by atoms with van der Waals surface area (Å²) in [6.45, 7) is 0. The number of hydrogen-bond acceptors (Lipinski definition) is 0. The maximum absolute atomic E-state index is 0. The van der Waals surface area contributed by atoms with Gasteiger partial charge >= 0.3 is 112 Å². The molecule has 0 aliphatic heterocycles. The van der Waals surface area contributed by atoms with Gasteiger partial charge in [0.05, 0.1) is 0 Å². The van der Waals surface area contributed by atoms with Crippen LogP contribution in [-0.4, -0.2) is 0 Å². The zero-order valence-corrected chi connectivity index (χ0v) is 16.6. The maximum Gasteiger partial charge on any atom is 3.00 e. The zero-order valence-electron chi connectivity index (χ0n) is 4.27. The van der Waals surface area contributed by atoms with Crippen molar-refractivity contribution in [1.82, 2.24) is 0 Å². The van der Waals surface area contributed by atoms with Crippen molar-refractivity contribution in [2.75, 3.05) is 0 Å². The van der Waals surface area contributed by atoms with Crippen LogP contribution in [0.4, 0.5) is 0 Å². The molecule has 0 unspecified atom stereocenters. The summed E-state index contributed by atoms with van der Waals surface area (Å²) in [5, 5.41) is 0. The minimum Gasteiger partial charge on any atom is -1.00 e. The quantitative estimate of drug-likeness (QED) is 0.214. The first kappa shape index (κ1) is 137. The van der Waals surface area contributed by atoms with E-state index in [1.54, 1.807) is 0 Å². The van der Waals surface area contributed by atoms with Gasteiger partial charge in [0.15, 0.2) is 0 Å². The van der Waals surface area contributed by atoms with Gasteiger partial charge in [0.25, 0.3) is 0 Å². The van der Waals surface area contributed by atoms with E-state index in [0.717, 1.165) is 0 Å². The summed E-state index contributed by atoms with van der Waals surface area (Å²) in [4.78, 5) is 0. The van der Waals surface area contributed by atoms with Crippen molar-refractivity contribution in [3.63, 3.8) is 0 Å². The monoisotopic (exact) mass is 815 g/mol. The Kier molecular flexibility index (Phi) is 1310. The van der Waals surface area contributed by atoms with Crippen LogP contribution in [0.2, 0.25) is 0 Å². The molecule has 0 aromatic carbocycles. The van der Waals surface area contributed by atoms with Gasteiger partial charge in [-0.3, -0.25) is 0 Å². The molecule has 0 rings (SSSR count). The van der Waals surface area contributed by atoms with Crippen LogP contribution in [0.25, 0.3) is 0 Å². The first-order chi connectivity index (χ1) is 0. The molecule has 0 saturated heterocycles. The van der Waals surface area contributed by atoms with Crippen LogP contribution in [0.1, 0.15) is 0 Å². The van der Waals surface area contributed by atoms with E-state index in [2.05, 4.69) is 0 Å². The molecule has 0 aliphatic rings. The van der Waals surface area contributed by atoms with Gasteiger partial charge in [0, 0.05) is 0 Å². The third-order valence-corrected chi connectivity index (χ3v) is 0. The molecule has 0 atom stereocenters. The number of halogens is 9. The minimum atomic E-state index is 0. The third-order valence-electron chi connectivity index (χ3n) is 0. The van der Waals surface area contributed by atoms with E-state index in [0.29, 0.717) is 0 Å². The summed E-state index contributed by atoms with van der Waals surface area (Å²) < 4.78 is 0. The SMILES string of the molecule is [Cl-].[Cl-].[Cl-].[Cl-].[Cl-].[Cl-].[Cl-].[Cl-].[Cl-].[Er+3].[Ho+3].[Tm+3]. The summed E-state index contributed by atoms with van der Waals surface area (Å²) in [5.74, 6) is 0. The van der Waals surface area contributed by atoms with E-state index in [-0.39, 0.29) is 224 Å².